The van der Waals surface area contributed by atoms with Crippen molar-refractivity contribution in [3.63, 3.8) is 0 Å². The SMILES string of the molecule is COc1cc(C)ccc1S(=O)(=O)NC(C)(C)CCCOCN1C=CC(=O)NC1O. The van der Waals surface area contributed by atoms with Crippen LogP contribution in [0, 0.1) is 6.92 Å². The Morgan fingerprint density at radius 3 is 2.72 bits per heavy atom. The van der Waals surface area contributed by atoms with Gasteiger partial charge in [0.05, 0.1) is 7.11 Å². The lowest BCUT2D eigenvalue weighted by molar-refractivity contribution is -0.128. The number of benzene rings is 1. The van der Waals surface area contributed by atoms with Gasteiger partial charge < -0.3 is 24.8 Å². The number of carbonyl (C=O) groups excluding carboxylic acids is 1. The molecule has 9 nitrogen and oxygen atoms in total. The minimum atomic E-state index is -3.76. The van der Waals surface area contributed by atoms with E-state index in [2.05, 4.69) is 10.0 Å². The fourth-order valence-electron chi connectivity index (χ4n) is 2.87. The quantitative estimate of drug-likeness (QED) is 0.478. The van der Waals surface area contributed by atoms with Crippen LogP contribution in [0.2, 0.25) is 0 Å². The Kier molecular flexibility index (Phi) is 7.64. The van der Waals surface area contributed by atoms with Crippen LogP contribution in [0.1, 0.15) is 32.3 Å². The molecule has 0 saturated heterocycles. The number of hydrogen-bond donors (Lipinski definition) is 3. The molecule has 1 aliphatic heterocycles. The molecule has 0 aliphatic carbocycles. The van der Waals surface area contributed by atoms with E-state index in [1.165, 1.54) is 30.4 Å². The topological polar surface area (TPSA) is 117 Å². The van der Waals surface area contributed by atoms with Gasteiger partial charge >= 0.3 is 0 Å². The van der Waals surface area contributed by atoms with Crippen LogP contribution >= 0.6 is 0 Å². The Morgan fingerprint density at radius 1 is 1.34 bits per heavy atom. The molecule has 0 radical (unpaired) electrons. The molecule has 1 aliphatic rings. The molecule has 0 bridgehead atoms. The summed E-state index contributed by atoms with van der Waals surface area (Å²) in [5, 5.41) is 12.0. The van der Waals surface area contributed by atoms with Crippen molar-refractivity contribution in [2.75, 3.05) is 20.4 Å². The van der Waals surface area contributed by atoms with Crippen molar-refractivity contribution in [2.45, 2.75) is 50.4 Å². The summed E-state index contributed by atoms with van der Waals surface area (Å²) >= 11 is 0. The zero-order valence-corrected chi connectivity index (χ0v) is 18.0. The lowest BCUT2D eigenvalue weighted by atomic mass is 10.0. The highest BCUT2D eigenvalue weighted by atomic mass is 32.2. The molecule has 1 atom stereocenters. The fourth-order valence-corrected chi connectivity index (χ4v) is 4.46. The van der Waals surface area contributed by atoms with Crippen LogP contribution < -0.4 is 14.8 Å². The van der Waals surface area contributed by atoms with Gasteiger partial charge in [0.15, 0.2) is 0 Å². The Morgan fingerprint density at radius 2 is 2.07 bits per heavy atom. The van der Waals surface area contributed by atoms with Crippen LogP contribution in [-0.2, 0) is 19.6 Å². The number of nitrogens with zero attached hydrogens (tertiary/aromatic N) is 1. The largest absolute Gasteiger partial charge is 0.495 e. The first-order valence-electron chi connectivity index (χ1n) is 9.23. The van der Waals surface area contributed by atoms with Crippen LogP contribution in [0.25, 0.3) is 0 Å². The number of hydrogen-bond acceptors (Lipinski definition) is 7. The van der Waals surface area contributed by atoms with E-state index in [1.807, 2.05) is 6.92 Å². The molecule has 0 saturated carbocycles. The molecule has 1 unspecified atom stereocenters. The van der Waals surface area contributed by atoms with Crippen molar-refractivity contribution in [2.24, 2.45) is 0 Å². The van der Waals surface area contributed by atoms with E-state index < -0.39 is 21.9 Å². The molecule has 1 amide bonds. The molecule has 3 N–H and O–H groups in total. The number of rotatable bonds is 10. The third kappa shape index (κ3) is 6.70. The smallest absolute Gasteiger partial charge is 0.248 e. The zero-order chi connectivity index (χ0) is 21.7. The van der Waals surface area contributed by atoms with Crippen LogP contribution in [-0.4, -0.2) is 56.7 Å². The summed E-state index contributed by atoms with van der Waals surface area (Å²) in [5.74, 6) is -0.0649. The average molecular weight is 428 g/mol. The van der Waals surface area contributed by atoms with Crippen molar-refractivity contribution in [3.8, 4) is 5.75 Å². The maximum Gasteiger partial charge on any atom is 0.248 e. The molecular formula is C19H29N3O6S. The first-order valence-corrected chi connectivity index (χ1v) is 10.7. The first kappa shape index (κ1) is 23.1. The van der Waals surface area contributed by atoms with Gasteiger partial charge in [-0.3, -0.25) is 4.79 Å². The minimum Gasteiger partial charge on any atom is -0.495 e. The average Bonchev–Trinajstić information content (AvgIpc) is 2.61. The molecule has 0 fully saturated rings. The number of aliphatic hydroxyl groups is 1. The van der Waals surface area contributed by atoms with Gasteiger partial charge in [-0.2, -0.15) is 0 Å². The molecule has 1 aromatic rings. The molecular weight excluding hydrogens is 398 g/mol. The predicted octanol–water partition coefficient (Wildman–Crippen LogP) is 1.04. The number of ether oxygens (including phenoxy) is 2. The van der Waals surface area contributed by atoms with Gasteiger partial charge in [-0.1, -0.05) is 6.07 Å². The van der Waals surface area contributed by atoms with Crippen molar-refractivity contribution in [1.29, 1.82) is 0 Å². The van der Waals surface area contributed by atoms with Crippen LogP contribution in [0.4, 0.5) is 0 Å². The van der Waals surface area contributed by atoms with Gasteiger partial charge in [-0.25, -0.2) is 13.1 Å². The van der Waals surface area contributed by atoms with Gasteiger partial charge in [-0.05, 0) is 51.3 Å². The Bertz CT molecular complexity index is 854. The van der Waals surface area contributed by atoms with Crippen molar-refractivity contribution >= 4 is 15.9 Å². The Labute approximate surface area is 171 Å². The van der Waals surface area contributed by atoms with Crippen LogP contribution in [0.5, 0.6) is 5.75 Å². The van der Waals surface area contributed by atoms with Crippen molar-refractivity contribution < 1.29 is 27.8 Å². The molecule has 29 heavy (non-hydrogen) atoms. The predicted molar refractivity (Wildman–Crippen MR) is 107 cm³/mol. The Balaban J connectivity index is 1.85. The summed E-state index contributed by atoms with van der Waals surface area (Å²) in [6, 6.07) is 4.94. The molecule has 10 heteroatoms. The third-order valence-corrected chi connectivity index (χ3v) is 6.09. The number of amides is 1. The van der Waals surface area contributed by atoms with E-state index in [1.54, 1.807) is 26.0 Å². The zero-order valence-electron chi connectivity index (χ0n) is 17.1. The van der Waals surface area contributed by atoms with Gasteiger partial charge in [0.2, 0.25) is 22.3 Å². The summed E-state index contributed by atoms with van der Waals surface area (Å²) in [5.41, 5.74) is 0.210. The molecule has 1 aromatic carbocycles. The summed E-state index contributed by atoms with van der Waals surface area (Å²) in [4.78, 5) is 12.6. The molecule has 1 heterocycles. The third-order valence-electron chi connectivity index (χ3n) is 4.35. The molecule has 162 valence electrons. The monoisotopic (exact) mass is 427 g/mol. The second-order valence-corrected chi connectivity index (χ2v) is 9.15. The number of aryl methyl sites for hydroxylation is 1. The summed E-state index contributed by atoms with van der Waals surface area (Å²) in [6.07, 6.45) is 2.76. The highest BCUT2D eigenvalue weighted by molar-refractivity contribution is 7.89. The van der Waals surface area contributed by atoms with E-state index >= 15 is 0 Å². The first-order chi connectivity index (χ1) is 13.5. The van der Waals surface area contributed by atoms with Gasteiger partial charge in [0, 0.05) is 24.4 Å². The Hall–Kier alpha value is -2.14. The van der Waals surface area contributed by atoms with Gasteiger partial charge in [-0.15, -0.1) is 0 Å². The molecule has 0 spiro atoms. The maximum absolute atomic E-state index is 12.8. The summed E-state index contributed by atoms with van der Waals surface area (Å²) < 4.78 is 39.0. The number of sulfonamides is 1. The molecule has 2 rings (SSSR count). The fraction of sp³-hybridized carbons (Fsp3) is 0.526. The lowest BCUT2D eigenvalue weighted by Gasteiger charge is -2.29. The standard InChI is InChI=1S/C19H29N3O6S/c1-14-6-7-16(15(12-14)27-4)29(25,26)21-19(2,3)9-5-11-28-13-22-10-8-17(23)20-18(22)24/h6-8,10,12,18,21,24H,5,9,11,13H2,1-4H3,(H,20,23). The van der Waals surface area contributed by atoms with Crippen molar-refractivity contribution in [1.82, 2.24) is 14.9 Å². The number of carbonyl (C=O) groups is 1. The maximum atomic E-state index is 12.8. The highest BCUT2D eigenvalue weighted by Gasteiger charge is 2.28. The minimum absolute atomic E-state index is 0.0999. The second-order valence-electron chi connectivity index (χ2n) is 7.50. The summed E-state index contributed by atoms with van der Waals surface area (Å²) in [6.45, 7) is 5.94. The van der Waals surface area contributed by atoms with E-state index in [-0.39, 0.29) is 17.5 Å². The summed E-state index contributed by atoms with van der Waals surface area (Å²) in [7, 11) is -2.32. The van der Waals surface area contributed by atoms with Gasteiger partial charge in [0.1, 0.15) is 17.4 Å². The van der Waals surface area contributed by atoms with Crippen LogP contribution in [0.15, 0.2) is 35.4 Å². The lowest BCUT2D eigenvalue weighted by Crippen LogP contribution is -2.49. The van der Waals surface area contributed by atoms with E-state index in [4.69, 9.17) is 9.47 Å². The van der Waals surface area contributed by atoms with E-state index in [0.29, 0.717) is 25.2 Å². The van der Waals surface area contributed by atoms with Gasteiger partial charge in [0.25, 0.3) is 0 Å². The second kappa shape index (κ2) is 9.57. The number of nitrogens with one attached hydrogen (secondary N) is 2. The highest BCUT2D eigenvalue weighted by Crippen LogP contribution is 2.26. The van der Waals surface area contributed by atoms with Crippen molar-refractivity contribution in [3.05, 3.63) is 36.0 Å². The van der Waals surface area contributed by atoms with E-state index in [9.17, 15) is 18.3 Å². The number of methoxy groups -OCH3 is 1. The normalized spacial score (nSPS) is 17.3. The van der Waals surface area contributed by atoms with E-state index in [0.717, 1.165) is 5.56 Å². The molecule has 0 aromatic heterocycles. The number of aliphatic hydroxyl groups excluding tert-OH is 1. The van der Waals surface area contributed by atoms with Crippen LogP contribution in [0.3, 0.4) is 0 Å².